The standard InChI is InChI=1S/C13H16ClNO4/c1-2-18-12(16)4-3-7-19-11-6-5-9(14)8-10(11)13(15)17/h5-6,8H,2-4,7H2,1H3,(H2,15,17). The second-order valence-electron chi connectivity index (χ2n) is 3.76. The summed E-state index contributed by atoms with van der Waals surface area (Å²) >= 11 is 5.77. The fourth-order valence-electron chi connectivity index (χ4n) is 1.45. The fourth-order valence-corrected chi connectivity index (χ4v) is 1.62. The topological polar surface area (TPSA) is 78.6 Å². The van der Waals surface area contributed by atoms with Crippen molar-refractivity contribution < 1.29 is 19.1 Å². The predicted octanol–water partition coefficient (Wildman–Crippen LogP) is 2.16. The Bertz CT molecular complexity index is 462. The highest BCUT2D eigenvalue weighted by Crippen LogP contribution is 2.22. The Morgan fingerprint density at radius 1 is 1.37 bits per heavy atom. The molecule has 0 aromatic heterocycles. The molecule has 1 aromatic rings. The van der Waals surface area contributed by atoms with E-state index in [2.05, 4.69) is 0 Å². The van der Waals surface area contributed by atoms with Gasteiger partial charge in [-0.2, -0.15) is 0 Å². The monoisotopic (exact) mass is 285 g/mol. The Morgan fingerprint density at radius 2 is 2.11 bits per heavy atom. The second-order valence-corrected chi connectivity index (χ2v) is 4.20. The molecule has 0 heterocycles. The van der Waals surface area contributed by atoms with Gasteiger partial charge in [0.1, 0.15) is 5.75 Å². The highest BCUT2D eigenvalue weighted by atomic mass is 35.5. The molecule has 0 unspecified atom stereocenters. The molecule has 0 radical (unpaired) electrons. The van der Waals surface area contributed by atoms with Crippen molar-refractivity contribution in [3.63, 3.8) is 0 Å². The number of hydrogen-bond acceptors (Lipinski definition) is 4. The zero-order valence-electron chi connectivity index (χ0n) is 10.6. The zero-order chi connectivity index (χ0) is 14.3. The molecule has 0 fully saturated rings. The number of benzene rings is 1. The average molecular weight is 286 g/mol. The van der Waals surface area contributed by atoms with Gasteiger partial charge in [-0.05, 0) is 31.5 Å². The normalized spacial score (nSPS) is 10.0. The first kappa shape index (κ1) is 15.3. The van der Waals surface area contributed by atoms with Crippen LogP contribution in [0.25, 0.3) is 0 Å². The van der Waals surface area contributed by atoms with Gasteiger partial charge in [0.05, 0.1) is 18.8 Å². The summed E-state index contributed by atoms with van der Waals surface area (Å²) in [4.78, 5) is 22.3. The van der Waals surface area contributed by atoms with Gasteiger partial charge in [-0.1, -0.05) is 11.6 Å². The third kappa shape index (κ3) is 5.18. The lowest BCUT2D eigenvalue weighted by molar-refractivity contribution is -0.143. The van der Waals surface area contributed by atoms with Crippen molar-refractivity contribution >= 4 is 23.5 Å². The molecule has 0 spiro atoms. The number of carbonyl (C=O) groups excluding carboxylic acids is 2. The SMILES string of the molecule is CCOC(=O)CCCOc1ccc(Cl)cc1C(N)=O. The second kappa shape index (κ2) is 7.63. The molecule has 0 atom stereocenters. The molecule has 5 nitrogen and oxygen atoms in total. The maximum absolute atomic E-state index is 11.2. The molecule has 104 valence electrons. The molecule has 19 heavy (non-hydrogen) atoms. The minimum Gasteiger partial charge on any atom is -0.493 e. The summed E-state index contributed by atoms with van der Waals surface area (Å²) < 4.78 is 10.2. The Morgan fingerprint density at radius 3 is 2.74 bits per heavy atom. The van der Waals surface area contributed by atoms with E-state index in [0.29, 0.717) is 30.4 Å². The molecular formula is C13H16ClNO4. The molecular weight excluding hydrogens is 270 g/mol. The summed E-state index contributed by atoms with van der Waals surface area (Å²) in [6.45, 7) is 2.41. The van der Waals surface area contributed by atoms with Crippen molar-refractivity contribution in [3.05, 3.63) is 28.8 Å². The number of esters is 1. The summed E-state index contributed by atoms with van der Waals surface area (Å²) in [7, 11) is 0. The van der Waals surface area contributed by atoms with Gasteiger partial charge in [0.2, 0.25) is 0 Å². The van der Waals surface area contributed by atoms with E-state index < -0.39 is 5.91 Å². The number of ether oxygens (including phenoxy) is 2. The summed E-state index contributed by atoms with van der Waals surface area (Å²) in [5.41, 5.74) is 5.45. The van der Waals surface area contributed by atoms with E-state index in [1.54, 1.807) is 19.1 Å². The van der Waals surface area contributed by atoms with E-state index in [0.717, 1.165) is 0 Å². The number of rotatable bonds is 7. The van der Waals surface area contributed by atoms with Crippen LogP contribution in [0.1, 0.15) is 30.1 Å². The summed E-state index contributed by atoms with van der Waals surface area (Å²) in [5.74, 6) is -0.513. The van der Waals surface area contributed by atoms with E-state index in [-0.39, 0.29) is 18.0 Å². The Labute approximate surface area is 116 Å². The van der Waals surface area contributed by atoms with Gasteiger partial charge in [-0.25, -0.2) is 0 Å². The van der Waals surface area contributed by atoms with Gasteiger partial charge in [-0.15, -0.1) is 0 Å². The first-order valence-electron chi connectivity index (χ1n) is 5.92. The minimum absolute atomic E-state index is 0.226. The molecule has 0 bridgehead atoms. The molecule has 1 amide bonds. The van der Waals surface area contributed by atoms with Crippen LogP contribution in [0.15, 0.2) is 18.2 Å². The van der Waals surface area contributed by atoms with Crippen molar-refractivity contribution in [1.82, 2.24) is 0 Å². The van der Waals surface area contributed by atoms with Crippen molar-refractivity contribution in [2.45, 2.75) is 19.8 Å². The van der Waals surface area contributed by atoms with Gasteiger partial charge in [0.25, 0.3) is 5.91 Å². The summed E-state index contributed by atoms with van der Waals surface area (Å²) in [6, 6.07) is 4.63. The molecule has 0 aliphatic carbocycles. The molecule has 1 aromatic carbocycles. The number of amides is 1. The van der Waals surface area contributed by atoms with Crippen molar-refractivity contribution in [2.24, 2.45) is 5.73 Å². The number of primary amides is 1. The Hall–Kier alpha value is -1.75. The molecule has 6 heteroatoms. The van der Waals surface area contributed by atoms with Crippen LogP contribution in [0.3, 0.4) is 0 Å². The lowest BCUT2D eigenvalue weighted by atomic mass is 10.2. The smallest absolute Gasteiger partial charge is 0.305 e. The zero-order valence-corrected chi connectivity index (χ0v) is 11.4. The molecule has 0 aliphatic heterocycles. The van der Waals surface area contributed by atoms with Crippen molar-refractivity contribution in [1.29, 1.82) is 0 Å². The number of carbonyl (C=O) groups is 2. The van der Waals surface area contributed by atoms with E-state index in [1.807, 2.05) is 0 Å². The van der Waals surface area contributed by atoms with E-state index >= 15 is 0 Å². The minimum atomic E-state index is -0.608. The van der Waals surface area contributed by atoms with E-state index in [9.17, 15) is 9.59 Å². The number of hydrogen-bond donors (Lipinski definition) is 1. The van der Waals surface area contributed by atoms with Gasteiger partial charge >= 0.3 is 5.97 Å². The van der Waals surface area contributed by atoms with Gasteiger partial charge in [-0.3, -0.25) is 9.59 Å². The van der Waals surface area contributed by atoms with Crippen molar-refractivity contribution in [2.75, 3.05) is 13.2 Å². The maximum atomic E-state index is 11.2. The van der Waals surface area contributed by atoms with Crippen molar-refractivity contribution in [3.8, 4) is 5.75 Å². The quantitative estimate of drug-likeness (QED) is 0.615. The van der Waals surface area contributed by atoms with Crippen LogP contribution in [0.5, 0.6) is 5.75 Å². The van der Waals surface area contributed by atoms with Gasteiger partial charge in [0, 0.05) is 11.4 Å². The van der Waals surface area contributed by atoms with Crippen LogP contribution in [-0.2, 0) is 9.53 Å². The third-order valence-corrected chi connectivity index (χ3v) is 2.53. The number of nitrogens with two attached hydrogens (primary N) is 1. The molecule has 0 saturated carbocycles. The highest BCUT2D eigenvalue weighted by molar-refractivity contribution is 6.31. The number of halogens is 1. The summed E-state index contributed by atoms with van der Waals surface area (Å²) in [5, 5.41) is 0.410. The largest absolute Gasteiger partial charge is 0.493 e. The highest BCUT2D eigenvalue weighted by Gasteiger charge is 2.10. The molecule has 0 saturated heterocycles. The van der Waals surface area contributed by atoms with Gasteiger partial charge < -0.3 is 15.2 Å². The van der Waals surface area contributed by atoms with Crippen LogP contribution in [0, 0.1) is 0 Å². The maximum Gasteiger partial charge on any atom is 0.305 e. The fraction of sp³-hybridized carbons (Fsp3) is 0.385. The van der Waals surface area contributed by atoms with Crippen LogP contribution in [0.2, 0.25) is 5.02 Å². The first-order chi connectivity index (χ1) is 9.04. The first-order valence-corrected chi connectivity index (χ1v) is 6.30. The van der Waals surface area contributed by atoms with E-state index in [4.69, 9.17) is 26.8 Å². The van der Waals surface area contributed by atoms with E-state index in [1.165, 1.54) is 6.07 Å². The Kier molecular flexibility index (Phi) is 6.15. The average Bonchev–Trinajstić information content (AvgIpc) is 2.36. The predicted molar refractivity (Wildman–Crippen MR) is 71.3 cm³/mol. The van der Waals surface area contributed by atoms with Crippen LogP contribution < -0.4 is 10.5 Å². The molecule has 2 N–H and O–H groups in total. The molecule has 1 rings (SSSR count). The Balaban J connectivity index is 2.49. The summed E-state index contributed by atoms with van der Waals surface area (Å²) in [6.07, 6.45) is 0.771. The lowest BCUT2D eigenvalue weighted by Gasteiger charge is -2.09. The van der Waals surface area contributed by atoms with Crippen LogP contribution >= 0.6 is 11.6 Å². The van der Waals surface area contributed by atoms with Crippen LogP contribution in [0.4, 0.5) is 0 Å². The van der Waals surface area contributed by atoms with Gasteiger partial charge in [0.15, 0.2) is 0 Å². The third-order valence-electron chi connectivity index (χ3n) is 2.30. The molecule has 0 aliphatic rings. The lowest BCUT2D eigenvalue weighted by Crippen LogP contribution is -2.14. The van der Waals surface area contributed by atoms with Crippen LogP contribution in [-0.4, -0.2) is 25.1 Å².